The summed E-state index contributed by atoms with van der Waals surface area (Å²) in [7, 11) is 1.58. The molecule has 1 amide bonds. The summed E-state index contributed by atoms with van der Waals surface area (Å²) in [6.45, 7) is 0. The lowest BCUT2D eigenvalue weighted by atomic mass is 10.3. The van der Waals surface area contributed by atoms with E-state index in [2.05, 4.69) is 63.1 Å². The maximum atomic E-state index is 12.1. The first-order valence-electron chi connectivity index (χ1n) is 5.94. The fraction of sp³-hybridized carbons (Fsp3) is 0.154. The molecule has 0 saturated heterocycles. The molecule has 0 atom stereocenters. The molecule has 0 saturated carbocycles. The van der Waals surface area contributed by atoms with Crippen LogP contribution in [0.1, 0.15) is 0 Å². The predicted molar refractivity (Wildman–Crippen MR) is 97.5 cm³/mol. The second-order valence-electron chi connectivity index (χ2n) is 3.93. The third-order valence-electron chi connectivity index (χ3n) is 2.48. The number of nitrogens with zero attached hydrogens (tertiary/aromatic N) is 2. The Labute approximate surface area is 157 Å². The van der Waals surface area contributed by atoms with Crippen molar-refractivity contribution in [1.82, 2.24) is 9.97 Å². The SMILES string of the molecule is COc1cc(Br)c(NC(=O)CSc2ncccn2)c(Br)c1Br. The topological polar surface area (TPSA) is 64.1 Å². The highest BCUT2D eigenvalue weighted by Gasteiger charge is 2.16. The minimum Gasteiger partial charge on any atom is -0.495 e. The number of hydrogen-bond donors (Lipinski definition) is 1. The molecule has 22 heavy (non-hydrogen) atoms. The summed E-state index contributed by atoms with van der Waals surface area (Å²) in [4.78, 5) is 20.2. The van der Waals surface area contributed by atoms with Crippen LogP contribution in [0.5, 0.6) is 5.75 Å². The van der Waals surface area contributed by atoms with Gasteiger partial charge in [0, 0.05) is 16.9 Å². The number of methoxy groups -OCH3 is 1. The first-order valence-corrected chi connectivity index (χ1v) is 9.30. The van der Waals surface area contributed by atoms with E-state index in [1.165, 1.54) is 11.8 Å². The Morgan fingerprint density at radius 2 is 1.95 bits per heavy atom. The summed E-state index contributed by atoms with van der Waals surface area (Å²) >= 11 is 11.6. The van der Waals surface area contributed by atoms with E-state index in [0.717, 1.165) is 4.47 Å². The average Bonchev–Trinajstić information content (AvgIpc) is 2.54. The number of aromatic nitrogens is 2. The van der Waals surface area contributed by atoms with Gasteiger partial charge in [0.15, 0.2) is 5.16 Å². The summed E-state index contributed by atoms with van der Waals surface area (Å²) in [5, 5.41) is 3.41. The van der Waals surface area contributed by atoms with E-state index in [1.807, 2.05) is 0 Å². The molecule has 5 nitrogen and oxygen atoms in total. The molecule has 1 aromatic heterocycles. The van der Waals surface area contributed by atoms with Crippen LogP contribution in [-0.4, -0.2) is 28.7 Å². The van der Waals surface area contributed by atoms with Crippen LogP contribution in [0.3, 0.4) is 0 Å². The molecule has 0 spiro atoms. The van der Waals surface area contributed by atoms with Crippen molar-refractivity contribution in [2.24, 2.45) is 0 Å². The molecule has 9 heteroatoms. The van der Waals surface area contributed by atoms with Crippen LogP contribution in [0.25, 0.3) is 0 Å². The molecule has 0 bridgehead atoms. The molecule has 1 N–H and O–H groups in total. The third kappa shape index (κ3) is 4.43. The lowest BCUT2D eigenvalue weighted by molar-refractivity contribution is -0.113. The number of benzene rings is 1. The highest BCUT2D eigenvalue weighted by atomic mass is 79.9. The second-order valence-corrected chi connectivity index (χ2v) is 7.31. The van der Waals surface area contributed by atoms with Gasteiger partial charge in [-0.05, 0) is 59.9 Å². The number of anilines is 1. The molecular formula is C13H10Br3N3O2S. The molecule has 0 radical (unpaired) electrons. The van der Waals surface area contributed by atoms with Gasteiger partial charge in [0.1, 0.15) is 5.75 Å². The number of rotatable bonds is 5. The Bertz CT molecular complexity index is 686. The molecular weight excluding hydrogens is 502 g/mol. The van der Waals surface area contributed by atoms with Gasteiger partial charge in [-0.15, -0.1) is 0 Å². The van der Waals surface area contributed by atoms with E-state index in [0.29, 0.717) is 25.5 Å². The molecule has 116 valence electrons. The molecule has 2 aromatic rings. The molecule has 0 unspecified atom stereocenters. The van der Waals surface area contributed by atoms with Crippen molar-refractivity contribution in [2.75, 3.05) is 18.2 Å². The molecule has 0 aliphatic heterocycles. The monoisotopic (exact) mass is 509 g/mol. The van der Waals surface area contributed by atoms with E-state index in [4.69, 9.17) is 4.74 Å². The summed E-state index contributed by atoms with van der Waals surface area (Å²) in [5.41, 5.74) is 0.632. The molecule has 1 heterocycles. The lowest BCUT2D eigenvalue weighted by Gasteiger charge is -2.13. The number of hydrogen-bond acceptors (Lipinski definition) is 5. The zero-order valence-corrected chi connectivity index (χ0v) is 16.8. The molecule has 0 fully saturated rings. The van der Waals surface area contributed by atoms with Gasteiger partial charge in [0.05, 0.1) is 27.5 Å². The van der Waals surface area contributed by atoms with Gasteiger partial charge in [-0.25, -0.2) is 9.97 Å². The van der Waals surface area contributed by atoms with Gasteiger partial charge in [-0.2, -0.15) is 0 Å². The maximum Gasteiger partial charge on any atom is 0.234 e. The largest absolute Gasteiger partial charge is 0.495 e. The standard InChI is InChI=1S/C13H10Br3N3O2S/c1-21-8-5-7(14)12(11(16)10(8)15)19-9(20)6-22-13-17-3-2-4-18-13/h2-5H,6H2,1H3,(H,19,20). The van der Waals surface area contributed by atoms with Crippen LogP contribution in [-0.2, 0) is 4.79 Å². The quantitative estimate of drug-likeness (QED) is 0.364. The maximum absolute atomic E-state index is 12.1. The number of carbonyl (C=O) groups is 1. The van der Waals surface area contributed by atoms with Gasteiger partial charge in [-0.3, -0.25) is 4.79 Å². The smallest absolute Gasteiger partial charge is 0.234 e. The number of thioether (sulfide) groups is 1. The summed E-state index contributed by atoms with van der Waals surface area (Å²) in [5.74, 6) is 0.715. The van der Waals surface area contributed by atoms with Gasteiger partial charge in [0.25, 0.3) is 0 Å². The van der Waals surface area contributed by atoms with Crippen molar-refractivity contribution >= 4 is 71.1 Å². The first kappa shape index (κ1) is 17.7. The van der Waals surface area contributed by atoms with Gasteiger partial charge < -0.3 is 10.1 Å². The third-order valence-corrected chi connectivity index (χ3v) is 6.10. The van der Waals surface area contributed by atoms with Crippen molar-refractivity contribution < 1.29 is 9.53 Å². The van der Waals surface area contributed by atoms with Crippen LogP contribution in [0.4, 0.5) is 5.69 Å². The first-order chi connectivity index (χ1) is 10.5. The van der Waals surface area contributed by atoms with E-state index in [9.17, 15) is 4.79 Å². The average molecular weight is 512 g/mol. The second kappa shape index (κ2) is 8.28. The van der Waals surface area contributed by atoms with E-state index in [-0.39, 0.29) is 11.7 Å². The fourth-order valence-corrected chi connectivity index (χ4v) is 3.86. The molecule has 0 aliphatic carbocycles. The van der Waals surface area contributed by atoms with Crippen LogP contribution in [0.15, 0.2) is 43.1 Å². The molecule has 1 aromatic carbocycles. The summed E-state index contributed by atoms with van der Waals surface area (Å²) < 4.78 is 7.38. The Hall–Kier alpha value is -0.640. The Morgan fingerprint density at radius 3 is 2.59 bits per heavy atom. The molecule has 0 aliphatic rings. The number of halogens is 3. The lowest BCUT2D eigenvalue weighted by Crippen LogP contribution is -2.15. The molecule has 2 rings (SSSR count). The number of carbonyl (C=O) groups excluding carboxylic acids is 1. The van der Waals surface area contributed by atoms with Gasteiger partial charge in [-0.1, -0.05) is 11.8 Å². The normalized spacial score (nSPS) is 10.4. The Kier molecular flexibility index (Phi) is 6.66. The van der Waals surface area contributed by atoms with Crippen LogP contribution in [0.2, 0.25) is 0 Å². The van der Waals surface area contributed by atoms with Gasteiger partial charge in [0.2, 0.25) is 5.91 Å². The fourth-order valence-electron chi connectivity index (χ4n) is 1.50. The number of nitrogens with one attached hydrogen (secondary N) is 1. The Morgan fingerprint density at radius 1 is 1.27 bits per heavy atom. The summed E-state index contributed by atoms with van der Waals surface area (Å²) in [6.07, 6.45) is 3.28. The van der Waals surface area contributed by atoms with Gasteiger partial charge >= 0.3 is 0 Å². The van der Waals surface area contributed by atoms with Crippen molar-refractivity contribution in [3.63, 3.8) is 0 Å². The van der Waals surface area contributed by atoms with E-state index >= 15 is 0 Å². The minimum absolute atomic E-state index is 0.157. The summed E-state index contributed by atoms with van der Waals surface area (Å²) in [6, 6.07) is 3.51. The van der Waals surface area contributed by atoms with E-state index in [1.54, 1.807) is 31.6 Å². The van der Waals surface area contributed by atoms with E-state index < -0.39 is 0 Å². The Balaban J connectivity index is 2.07. The zero-order chi connectivity index (χ0) is 16.1. The highest BCUT2D eigenvalue weighted by molar-refractivity contribution is 9.13. The van der Waals surface area contributed by atoms with Crippen LogP contribution < -0.4 is 10.1 Å². The highest BCUT2D eigenvalue weighted by Crippen LogP contribution is 2.42. The number of ether oxygens (including phenoxy) is 1. The van der Waals surface area contributed by atoms with Crippen LogP contribution in [0, 0.1) is 0 Å². The minimum atomic E-state index is -0.157. The zero-order valence-electron chi connectivity index (χ0n) is 11.3. The van der Waals surface area contributed by atoms with Crippen molar-refractivity contribution in [2.45, 2.75) is 5.16 Å². The van der Waals surface area contributed by atoms with Crippen LogP contribution >= 0.6 is 59.6 Å². The van der Waals surface area contributed by atoms with Crippen molar-refractivity contribution in [1.29, 1.82) is 0 Å². The predicted octanol–water partition coefficient (Wildman–Crippen LogP) is 4.50. The van der Waals surface area contributed by atoms with Crippen molar-refractivity contribution in [3.8, 4) is 5.75 Å². The van der Waals surface area contributed by atoms with Crippen molar-refractivity contribution in [3.05, 3.63) is 37.9 Å². The number of amides is 1.